The standard InChI is InChI=1S/C33H38O/c1-3-5-25-34-33-23-21-32(22-24-33)31-19-13-28(14-20-31)8-7-27-11-17-30(18-12-27)29-15-9-26(6-4-2)10-16-29/h11-14,17-24,26,29H,3-6,9-10,15-16,25H2,1-2H3. The minimum Gasteiger partial charge on any atom is -0.494 e. The van der Waals surface area contributed by atoms with Crippen LogP contribution in [0.3, 0.4) is 0 Å². The van der Waals surface area contributed by atoms with E-state index < -0.39 is 0 Å². The van der Waals surface area contributed by atoms with Crippen LogP contribution >= 0.6 is 0 Å². The molecule has 176 valence electrons. The van der Waals surface area contributed by atoms with Crippen LogP contribution in [0.2, 0.25) is 0 Å². The van der Waals surface area contributed by atoms with Gasteiger partial charge in [0, 0.05) is 11.1 Å². The lowest BCUT2D eigenvalue weighted by Gasteiger charge is -2.28. The highest BCUT2D eigenvalue weighted by molar-refractivity contribution is 5.65. The van der Waals surface area contributed by atoms with Gasteiger partial charge in [-0.05, 0) is 97.0 Å². The first-order valence-corrected chi connectivity index (χ1v) is 13.2. The summed E-state index contributed by atoms with van der Waals surface area (Å²) < 4.78 is 5.77. The maximum absolute atomic E-state index is 5.77. The summed E-state index contributed by atoms with van der Waals surface area (Å²) in [5.74, 6) is 9.30. The Morgan fingerprint density at radius 1 is 0.676 bits per heavy atom. The smallest absolute Gasteiger partial charge is 0.119 e. The molecule has 0 heterocycles. The molecule has 0 saturated heterocycles. The van der Waals surface area contributed by atoms with Gasteiger partial charge in [0.25, 0.3) is 0 Å². The maximum atomic E-state index is 5.77. The molecule has 1 aliphatic carbocycles. The third kappa shape index (κ3) is 6.77. The number of unbranched alkanes of at least 4 members (excludes halogenated alkanes) is 1. The third-order valence-corrected chi connectivity index (χ3v) is 7.12. The molecular formula is C33H38O. The van der Waals surface area contributed by atoms with Gasteiger partial charge in [0.1, 0.15) is 5.75 Å². The molecule has 1 aliphatic rings. The Balaban J connectivity index is 1.33. The quantitative estimate of drug-likeness (QED) is 0.246. The fourth-order valence-electron chi connectivity index (χ4n) is 5.00. The van der Waals surface area contributed by atoms with Crippen LogP contribution in [-0.2, 0) is 0 Å². The first-order chi connectivity index (χ1) is 16.7. The summed E-state index contributed by atoms with van der Waals surface area (Å²) >= 11 is 0. The second kappa shape index (κ2) is 12.5. The number of hydrogen-bond donors (Lipinski definition) is 0. The summed E-state index contributed by atoms with van der Waals surface area (Å²) in [5, 5.41) is 0. The number of rotatable bonds is 8. The van der Waals surface area contributed by atoms with Gasteiger partial charge < -0.3 is 4.74 Å². The molecule has 0 amide bonds. The predicted octanol–water partition coefficient (Wildman–Crippen LogP) is 9.01. The predicted molar refractivity (Wildman–Crippen MR) is 144 cm³/mol. The lowest BCUT2D eigenvalue weighted by Crippen LogP contribution is -2.13. The van der Waals surface area contributed by atoms with Crippen molar-refractivity contribution in [2.24, 2.45) is 5.92 Å². The number of hydrogen-bond acceptors (Lipinski definition) is 1. The molecule has 1 saturated carbocycles. The monoisotopic (exact) mass is 450 g/mol. The SMILES string of the molecule is CCCCOc1ccc(-c2ccc(C#Cc3ccc(C4CCC(CCC)CC4)cc3)cc2)cc1. The Bertz CT molecular complexity index is 1060. The lowest BCUT2D eigenvalue weighted by molar-refractivity contribution is 0.308. The maximum Gasteiger partial charge on any atom is 0.119 e. The Morgan fingerprint density at radius 3 is 1.79 bits per heavy atom. The summed E-state index contributed by atoms with van der Waals surface area (Å²) in [6.45, 7) is 5.27. The van der Waals surface area contributed by atoms with E-state index in [0.717, 1.165) is 48.2 Å². The first kappa shape index (κ1) is 24.2. The molecule has 0 radical (unpaired) electrons. The molecule has 0 aromatic heterocycles. The largest absolute Gasteiger partial charge is 0.494 e. The highest BCUT2D eigenvalue weighted by atomic mass is 16.5. The normalized spacial score (nSPS) is 17.6. The molecule has 0 bridgehead atoms. The van der Waals surface area contributed by atoms with Crippen LogP contribution < -0.4 is 4.74 Å². The summed E-state index contributed by atoms with van der Waals surface area (Å²) in [4.78, 5) is 0. The summed E-state index contributed by atoms with van der Waals surface area (Å²) in [6, 6.07) is 25.9. The Hall–Kier alpha value is -2.98. The molecule has 0 atom stereocenters. The Labute approximate surface area is 206 Å². The summed E-state index contributed by atoms with van der Waals surface area (Å²) in [6.07, 6.45) is 10.5. The van der Waals surface area contributed by atoms with Crippen LogP contribution in [0.5, 0.6) is 5.75 Å². The molecule has 1 fully saturated rings. The van der Waals surface area contributed by atoms with Crippen molar-refractivity contribution < 1.29 is 4.74 Å². The van der Waals surface area contributed by atoms with Crippen LogP contribution in [0.4, 0.5) is 0 Å². The van der Waals surface area contributed by atoms with E-state index in [1.54, 1.807) is 0 Å². The van der Waals surface area contributed by atoms with Gasteiger partial charge in [-0.3, -0.25) is 0 Å². The molecule has 0 spiro atoms. The zero-order chi connectivity index (χ0) is 23.6. The Kier molecular flexibility index (Phi) is 8.86. The van der Waals surface area contributed by atoms with E-state index in [9.17, 15) is 0 Å². The topological polar surface area (TPSA) is 9.23 Å². The third-order valence-electron chi connectivity index (χ3n) is 7.12. The van der Waals surface area contributed by atoms with Crippen LogP contribution in [0.1, 0.15) is 87.8 Å². The molecule has 3 aromatic rings. The van der Waals surface area contributed by atoms with E-state index in [1.807, 2.05) is 0 Å². The minimum absolute atomic E-state index is 0.736. The van der Waals surface area contributed by atoms with Crippen molar-refractivity contribution in [2.75, 3.05) is 6.61 Å². The van der Waals surface area contributed by atoms with E-state index in [-0.39, 0.29) is 0 Å². The van der Waals surface area contributed by atoms with Crippen molar-refractivity contribution in [3.8, 4) is 28.7 Å². The van der Waals surface area contributed by atoms with Gasteiger partial charge in [-0.2, -0.15) is 0 Å². The molecule has 34 heavy (non-hydrogen) atoms. The Morgan fingerprint density at radius 2 is 1.24 bits per heavy atom. The zero-order valence-corrected chi connectivity index (χ0v) is 20.9. The molecular weight excluding hydrogens is 412 g/mol. The van der Waals surface area contributed by atoms with Gasteiger partial charge in [-0.1, -0.05) is 81.3 Å². The van der Waals surface area contributed by atoms with Gasteiger partial charge in [0.05, 0.1) is 6.61 Å². The number of benzene rings is 3. The minimum atomic E-state index is 0.736. The van der Waals surface area contributed by atoms with E-state index in [1.165, 1.54) is 55.2 Å². The highest BCUT2D eigenvalue weighted by Gasteiger charge is 2.21. The average molecular weight is 451 g/mol. The van der Waals surface area contributed by atoms with E-state index in [4.69, 9.17) is 4.74 Å². The van der Waals surface area contributed by atoms with Crippen LogP contribution in [-0.4, -0.2) is 6.61 Å². The van der Waals surface area contributed by atoms with E-state index >= 15 is 0 Å². The fraction of sp³-hybridized carbons (Fsp3) is 0.394. The molecule has 0 unspecified atom stereocenters. The van der Waals surface area contributed by atoms with Gasteiger partial charge in [-0.25, -0.2) is 0 Å². The first-order valence-electron chi connectivity index (χ1n) is 13.2. The molecule has 3 aromatic carbocycles. The van der Waals surface area contributed by atoms with Gasteiger partial charge in [0.2, 0.25) is 0 Å². The van der Waals surface area contributed by atoms with Crippen molar-refractivity contribution >= 4 is 0 Å². The molecule has 4 rings (SSSR count). The highest BCUT2D eigenvalue weighted by Crippen LogP contribution is 2.37. The summed E-state index contributed by atoms with van der Waals surface area (Å²) in [5.41, 5.74) is 6.02. The van der Waals surface area contributed by atoms with Crippen molar-refractivity contribution in [3.63, 3.8) is 0 Å². The van der Waals surface area contributed by atoms with Gasteiger partial charge in [-0.15, -0.1) is 0 Å². The van der Waals surface area contributed by atoms with Crippen LogP contribution in [0, 0.1) is 17.8 Å². The van der Waals surface area contributed by atoms with Crippen molar-refractivity contribution in [1.29, 1.82) is 0 Å². The van der Waals surface area contributed by atoms with Crippen molar-refractivity contribution in [3.05, 3.63) is 89.5 Å². The van der Waals surface area contributed by atoms with Crippen LogP contribution in [0.25, 0.3) is 11.1 Å². The average Bonchev–Trinajstić information content (AvgIpc) is 2.89. The van der Waals surface area contributed by atoms with Gasteiger partial charge >= 0.3 is 0 Å². The lowest BCUT2D eigenvalue weighted by atomic mass is 9.77. The molecule has 0 aliphatic heterocycles. The van der Waals surface area contributed by atoms with Crippen LogP contribution in [0.15, 0.2) is 72.8 Å². The van der Waals surface area contributed by atoms with Gasteiger partial charge in [0.15, 0.2) is 0 Å². The molecule has 1 heteroatoms. The second-order valence-electron chi connectivity index (χ2n) is 9.68. The van der Waals surface area contributed by atoms with Crippen molar-refractivity contribution in [1.82, 2.24) is 0 Å². The second-order valence-corrected chi connectivity index (χ2v) is 9.68. The fourth-order valence-corrected chi connectivity index (χ4v) is 5.00. The van der Waals surface area contributed by atoms with Crippen molar-refractivity contribution in [2.45, 2.75) is 71.1 Å². The molecule has 0 N–H and O–H groups in total. The molecule has 1 nitrogen and oxygen atoms in total. The van der Waals surface area contributed by atoms with E-state index in [0.29, 0.717) is 0 Å². The summed E-state index contributed by atoms with van der Waals surface area (Å²) in [7, 11) is 0. The van der Waals surface area contributed by atoms with E-state index in [2.05, 4.69) is 98.5 Å². The zero-order valence-electron chi connectivity index (χ0n) is 20.9. The number of ether oxygens (including phenoxy) is 1.